The monoisotopic (exact) mass is 467 g/mol. The molecular weight excluding hydrogens is 442 g/mol. The van der Waals surface area contributed by atoms with Gasteiger partial charge in [0, 0.05) is 18.9 Å². The van der Waals surface area contributed by atoms with Crippen molar-refractivity contribution >= 4 is 23.9 Å². The zero-order valence-electron chi connectivity index (χ0n) is 18.3. The lowest BCUT2D eigenvalue weighted by atomic mass is 9.98. The van der Waals surface area contributed by atoms with E-state index < -0.39 is 49.1 Å². The molecule has 4 N–H and O–H groups in total. The number of alkyl carbamates (subject to hydrolysis) is 1. The SMILES string of the molecule is O=C(CNC(=O)OCC1c2ccccc2-c2ccccc21)NCC(=O)N1C[C@@H](O)C[C@H]1C(=O)O. The van der Waals surface area contributed by atoms with Gasteiger partial charge >= 0.3 is 12.1 Å². The van der Waals surface area contributed by atoms with Crippen LogP contribution in [0.1, 0.15) is 23.5 Å². The summed E-state index contributed by atoms with van der Waals surface area (Å²) in [6, 6.07) is 14.7. The van der Waals surface area contributed by atoms with E-state index in [1.807, 2.05) is 48.5 Å². The molecule has 0 saturated carbocycles. The van der Waals surface area contributed by atoms with Gasteiger partial charge in [-0.2, -0.15) is 0 Å². The van der Waals surface area contributed by atoms with Crippen LogP contribution in [0.25, 0.3) is 11.1 Å². The van der Waals surface area contributed by atoms with Gasteiger partial charge in [-0.05, 0) is 22.3 Å². The van der Waals surface area contributed by atoms with E-state index in [2.05, 4.69) is 10.6 Å². The molecule has 178 valence electrons. The van der Waals surface area contributed by atoms with E-state index in [1.54, 1.807) is 0 Å². The number of β-amino-alcohol motifs (C(OH)–C–C–N with tert-alkyl or cyclic N) is 1. The molecule has 1 aliphatic heterocycles. The number of fused-ring (bicyclic) bond motifs is 3. The number of nitrogens with one attached hydrogen (secondary N) is 2. The molecular formula is C24H25N3O7. The van der Waals surface area contributed by atoms with E-state index in [0.29, 0.717) is 0 Å². The molecule has 2 aliphatic rings. The van der Waals surface area contributed by atoms with Gasteiger partial charge in [0.1, 0.15) is 19.2 Å². The minimum atomic E-state index is -1.21. The third-order valence-electron chi connectivity index (χ3n) is 6.06. The molecule has 0 aromatic heterocycles. The Hall–Kier alpha value is -3.92. The summed E-state index contributed by atoms with van der Waals surface area (Å²) in [5.41, 5.74) is 4.34. The van der Waals surface area contributed by atoms with Gasteiger partial charge in [0.25, 0.3) is 0 Å². The molecule has 10 nitrogen and oxygen atoms in total. The summed E-state index contributed by atoms with van der Waals surface area (Å²) >= 11 is 0. The van der Waals surface area contributed by atoms with Gasteiger partial charge in [-0.3, -0.25) is 9.59 Å². The van der Waals surface area contributed by atoms with Crippen molar-refractivity contribution in [3.63, 3.8) is 0 Å². The van der Waals surface area contributed by atoms with Crippen molar-refractivity contribution < 1.29 is 34.1 Å². The summed E-state index contributed by atoms with van der Waals surface area (Å²) < 4.78 is 5.35. The number of likely N-dealkylation sites (tertiary alicyclic amines) is 1. The number of carboxylic acids is 1. The van der Waals surface area contributed by atoms with E-state index >= 15 is 0 Å². The number of aliphatic carboxylic acids is 1. The molecule has 1 saturated heterocycles. The highest BCUT2D eigenvalue weighted by molar-refractivity contribution is 5.89. The summed E-state index contributed by atoms with van der Waals surface area (Å²) in [4.78, 5) is 48.6. The zero-order valence-corrected chi connectivity index (χ0v) is 18.3. The number of aliphatic hydroxyl groups is 1. The highest BCUT2D eigenvalue weighted by atomic mass is 16.5. The molecule has 3 amide bonds. The van der Waals surface area contributed by atoms with Crippen LogP contribution in [0.15, 0.2) is 48.5 Å². The molecule has 0 bridgehead atoms. The Morgan fingerprint density at radius 1 is 0.941 bits per heavy atom. The number of hydrogen-bond acceptors (Lipinski definition) is 6. The molecule has 1 fully saturated rings. The van der Waals surface area contributed by atoms with Crippen LogP contribution in [0.5, 0.6) is 0 Å². The Morgan fingerprint density at radius 2 is 1.56 bits per heavy atom. The number of aliphatic hydroxyl groups excluding tert-OH is 1. The smallest absolute Gasteiger partial charge is 0.407 e. The van der Waals surface area contributed by atoms with Gasteiger partial charge in [0.15, 0.2) is 0 Å². The van der Waals surface area contributed by atoms with E-state index in [-0.39, 0.29) is 25.5 Å². The summed E-state index contributed by atoms with van der Waals surface area (Å²) in [5, 5.41) is 23.5. The van der Waals surface area contributed by atoms with Crippen LogP contribution in [0.2, 0.25) is 0 Å². The minimum absolute atomic E-state index is 0.0572. The van der Waals surface area contributed by atoms with Gasteiger partial charge in [-0.25, -0.2) is 9.59 Å². The van der Waals surface area contributed by atoms with Crippen LogP contribution in [-0.2, 0) is 19.1 Å². The molecule has 0 spiro atoms. The minimum Gasteiger partial charge on any atom is -0.480 e. The molecule has 10 heteroatoms. The number of amides is 3. The van der Waals surface area contributed by atoms with Crippen LogP contribution in [0.3, 0.4) is 0 Å². The Bertz CT molecular complexity index is 1070. The number of carbonyl (C=O) groups is 4. The largest absolute Gasteiger partial charge is 0.480 e. The number of hydrogen-bond donors (Lipinski definition) is 4. The van der Waals surface area contributed by atoms with Crippen LogP contribution in [-0.4, -0.2) is 77.4 Å². The first-order chi connectivity index (χ1) is 16.3. The topological polar surface area (TPSA) is 145 Å². The van der Waals surface area contributed by atoms with Crippen LogP contribution >= 0.6 is 0 Å². The van der Waals surface area contributed by atoms with Gasteiger partial charge in [0.05, 0.1) is 12.6 Å². The maximum atomic E-state index is 12.2. The molecule has 2 atom stereocenters. The Balaban J connectivity index is 1.23. The Morgan fingerprint density at radius 3 is 2.18 bits per heavy atom. The lowest BCUT2D eigenvalue weighted by Crippen LogP contribution is -2.47. The molecule has 0 radical (unpaired) electrons. The zero-order chi connectivity index (χ0) is 24.2. The molecule has 0 unspecified atom stereocenters. The summed E-state index contributed by atoms with van der Waals surface area (Å²) in [5.74, 6) is -2.58. The van der Waals surface area contributed by atoms with E-state index in [0.717, 1.165) is 27.2 Å². The number of benzene rings is 2. The lowest BCUT2D eigenvalue weighted by molar-refractivity contribution is -0.148. The average molecular weight is 467 g/mol. The number of carbonyl (C=O) groups excluding carboxylic acids is 3. The van der Waals surface area contributed by atoms with Crippen LogP contribution in [0, 0.1) is 0 Å². The fourth-order valence-corrected chi connectivity index (χ4v) is 4.46. The highest BCUT2D eigenvalue weighted by Crippen LogP contribution is 2.44. The third-order valence-corrected chi connectivity index (χ3v) is 6.06. The quantitative estimate of drug-likeness (QED) is 0.469. The number of carboxylic acid groups (broad SMARTS) is 1. The van der Waals surface area contributed by atoms with Crippen molar-refractivity contribution in [3.05, 3.63) is 59.7 Å². The predicted molar refractivity (Wildman–Crippen MR) is 120 cm³/mol. The molecule has 1 aliphatic carbocycles. The van der Waals surface area contributed by atoms with Gasteiger partial charge in [-0.1, -0.05) is 48.5 Å². The average Bonchev–Trinajstić information content (AvgIpc) is 3.38. The summed E-state index contributed by atoms with van der Waals surface area (Å²) in [7, 11) is 0. The fraction of sp³-hybridized carbons (Fsp3) is 0.333. The second-order valence-electron chi connectivity index (χ2n) is 8.25. The molecule has 4 rings (SSSR count). The normalized spacial score (nSPS) is 18.7. The molecule has 2 aromatic carbocycles. The van der Waals surface area contributed by atoms with E-state index in [4.69, 9.17) is 9.84 Å². The van der Waals surface area contributed by atoms with Gasteiger partial charge in [-0.15, -0.1) is 0 Å². The Kier molecular flexibility index (Phi) is 6.78. The first-order valence-corrected chi connectivity index (χ1v) is 10.9. The Labute approximate surface area is 195 Å². The maximum Gasteiger partial charge on any atom is 0.407 e. The van der Waals surface area contributed by atoms with E-state index in [9.17, 15) is 24.3 Å². The highest BCUT2D eigenvalue weighted by Gasteiger charge is 2.38. The third kappa shape index (κ3) is 4.86. The second kappa shape index (κ2) is 9.92. The van der Waals surface area contributed by atoms with E-state index in [1.165, 1.54) is 0 Å². The number of rotatable bonds is 7. The number of ether oxygens (including phenoxy) is 1. The fourth-order valence-electron chi connectivity index (χ4n) is 4.46. The molecule has 2 aromatic rings. The summed E-state index contributed by atoms with van der Waals surface area (Å²) in [6.45, 7) is -0.853. The predicted octanol–water partition coefficient (Wildman–Crippen LogP) is 0.688. The standard InChI is InChI=1S/C24H25N3O7/c28-14-9-20(23(31)32)27(12-14)22(30)11-25-21(29)10-26-24(33)34-13-19-17-7-3-1-5-15(17)16-6-2-4-8-18(16)19/h1-8,14,19-20,28H,9-13H2,(H,25,29)(H,26,33)(H,31,32)/t14-,20-/m0/s1. The second-order valence-corrected chi connectivity index (χ2v) is 8.25. The maximum absolute atomic E-state index is 12.2. The van der Waals surface area contributed by atoms with Crippen LogP contribution in [0.4, 0.5) is 4.79 Å². The number of nitrogens with zero attached hydrogens (tertiary/aromatic N) is 1. The van der Waals surface area contributed by atoms with Gasteiger partial charge in [0.2, 0.25) is 11.8 Å². The lowest BCUT2D eigenvalue weighted by Gasteiger charge is -2.21. The van der Waals surface area contributed by atoms with Crippen molar-refractivity contribution in [2.45, 2.75) is 24.5 Å². The van der Waals surface area contributed by atoms with Crippen molar-refractivity contribution in [1.29, 1.82) is 0 Å². The molecule has 1 heterocycles. The van der Waals surface area contributed by atoms with Crippen LogP contribution < -0.4 is 10.6 Å². The van der Waals surface area contributed by atoms with Gasteiger partial charge < -0.3 is 30.5 Å². The first-order valence-electron chi connectivity index (χ1n) is 10.9. The van der Waals surface area contributed by atoms with Crippen molar-refractivity contribution in [3.8, 4) is 11.1 Å². The molecule has 34 heavy (non-hydrogen) atoms. The first kappa shape index (κ1) is 23.2. The summed E-state index contributed by atoms with van der Waals surface area (Å²) in [6.07, 6.45) is -1.74. The van der Waals surface area contributed by atoms with Crippen molar-refractivity contribution in [1.82, 2.24) is 15.5 Å². The van der Waals surface area contributed by atoms with Crippen molar-refractivity contribution in [2.24, 2.45) is 0 Å². The van der Waals surface area contributed by atoms with Crippen molar-refractivity contribution in [2.75, 3.05) is 26.2 Å².